The molecule has 5 nitrogen and oxygen atoms in total. The van der Waals surface area contributed by atoms with Gasteiger partial charge in [-0.15, -0.1) is 0 Å². The van der Waals surface area contributed by atoms with Crippen LogP contribution in [0.4, 0.5) is 4.39 Å². The molecule has 0 bridgehead atoms. The first-order valence-corrected chi connectivity index (χ1v) is 10.4. The van der Waals surface area contributed by atoms with Gasteiger partial charge < -0.3 is 14.8 Å². The zero-order valence-corrected chi connectivity index (χ0v) is 17.3. The second-order valence-corrected chi connectivity index (χ2v) is 7.98. The molecule has 1 aromatic heterocycles. The fourth-order valence-electron chi connectivity index (χ4n) is 4.11. The van der Waals surface area contributed by atoms with Crippen LogP contribution < -0.4 is 5.32 Å². The summed E-state index contributed by atoms with van der Waals surface area (Å²) in [5.41, 5.74) is 4.47. The number of benzene rings is 3. The van der Waals surface area contributed by atoms with Crippen molar-refractivity contribution in [2.45, 2.75) is 18.8 Å². The maximum Gasteiger partial charge on any atom is 0.335 e. The monoisotopic (exact) mass is 429 g/mol. The van der Waals surface area contributed by atoms with Gasteiger partial charge in [-0.1, -0.05) is 12.1 Å². The van der Waals surface area contributed by atoms with E-state index in [9.17, 15) is 19.1 Å². The van der Waals surface area contributed by atoms with E-state index in [0.29, 0.717) is 33.8 Å². The second kappa shape index (κ2) is 7.64. The minimum Gasteiger partial charge on any atom is -0.478 e. The average molecular weight is 429 g/mol. The molecule has 1 aliphatic rings. The van der Waals surface area contributed by atoms with Crippen LogP contribution in [0, 0.1) is 5.82 Å². The molecule has 6 heteroatoms. The summed E-state index contributed by atoms with van der Waals surface area (Å²) < 4.78 is 19.4. The summed E-state index contributed by atoms with van der Waals surface area (Å²) in [7, 11) is 1.54. The SMILES string of the molecule is CNC(=O)c1c(-c2ccc(F)cc2)oc2ccc(-c3cc(C(=O)O)ccc3C3CC3)cc12. The van der Waals surface area contributed by atoms with Crippen molar-refractivity contribution in [2.24, 2.45) is 0 Å². The molecule has 1 saturated carbocycles. The van der Waals surface area contributed by atoms with Crippen LogP contribution in [0.5, 0.6) is 0 Å². The molecular weight excluding hydrogens is 409 g/mol. The number of hydrogen-bond donors (Lipinski definition) is 2. The molecular formula is C26H20FNO4. The topological polar surface area (TPSA) is 79.5 Å². The number of carbonyl (C=O) groups excluding carboxylic acids is 1. The average Bonchev–Trinajstić information content (AvgIpc) is 3.58. The number of furan rings is 1. The van der Waals surface area contributed by atoms with E-state index in [4.69, 9.17) is 4.42 Å². The highest BCUT2D eigenvalue weighted by Crippen LogP contribution is 2.45. The third-order valence-corrected chi connectivity index (χ3v) is 5.88. The quantitative estimate of drug-likeness (QED) is 0.418. The minimum atomic E-state index is -0.984. The normalized spacial score (nSPS) is 13.3. The van der Waals surface area contributed by atoms with Crippen LogP contribution in [0.2, 0.25) is 0 Å². The van der Waals surface area contributed by atoms with E-state index in [0.717, 1.165) is 29.5 Å². The third-order valence-electron chi connectivity index (χ3n) is 5.88. The lowest BCUT2D eigenvalue weighted by Crippen LogP contribution is -2.18. The van der Waals surface area contributed by atoms with Gasteiger partial charge in [-0.25, -0.2) is 9.18 Å². The highest BCUT2D eigenvalue weighted by molar-refractivity contribution is 6.12. The van der Waals surface area contributed by atoms with Crippen molar-refractivity contribution < 1.29 is 23.5 Å². The van der Waals surface area contributed by atoms with Crippen LogP contribution >= 0.6 is 0 Å². The zero-order valence-electron chi connectivity index (χ0n) is 17.3. The largest absolute Gasteiger partial charge is 0.478 e. The maximum absolute atomic E-state index is 13.4. The lowest BCUT2D eigenvalue weighted by molar-refractivity contribution is 0.0696. The van der Waals surface area contributed by atoms with Gasteiger partial charge in [-0.05, 0) is 84.0 Å². The molecule has 32 heavy (non-hydrogen) atoms. The van der Waals surface area contributed by atoms with E-state index in [1.165, 1.54) is 12.1 Å². The molecule has 0 saturated heterocycles. The number of rotatable bonds is 5. The van der Waals surface area contributed by atoms with Crippen molar-refractivity contribution >= 4 is 22.8 Å². The first-order valence-electron chi connectivity index (χ1n) is 10.4. The standard InChI is InChI=1S/C26H20FNO4/c1-28-25(29)23-21-12-16(20-13-17(26(30)31)6-10-19(20)14-2-3-14)7-11-22(21)32-24(23)15-4-8-18(27)9-5-15/h4-14H,2-3H2,1H3,(H,28,29)(H,30,31). The summed E-state index contributed by atoms with van der Waals surface area (Å²) >= 11 is 0. The highest BCUT2D eigenvalue weighted by Gasteiger charge is 2.28. The van der Waals surface area contributed by atoms with E-state index >= 15 is 0 Å². The van der Waals surface area contributed by atoms with Gasteiger partial charge in [0, 0.05) is 18.0 Å². The maximum atomic E-state index is 13.4. The van der Waals surface area contributed by atoms with Crippen molar-refractivity contribution in [3.8, 4) is 22.5 Å². The van der Waals surface area contributed by atoms with E-state index in [-0.39, 0.29) is 17.3 Å². The Morgan fingerprint density at radius 3 is 2.38 bits per heavy atom. The number of nitrogens with one attached hydrogen (secondary N) is 1. The summed E-state index contributed by atoms with van der Waals surface area (Å²) in [6, 6.07) is 16.5. The Kier molecular flexibility index (Phi) is 4.78. The molecule has 1 amide bonds. The summed E-state index contributed by atoms with van der Waals surface area (Å²) in [6.45, 7) is 0. The van der Waals surface area contributed by atoms with Crippen molar-refractivity contribution in [2.75, 3.05) is 7.05 Å². The van der Waals surface area contributed by atoms with Crippen LogP contribution in [0.3, 0.4) is 0 Å². The van der Waals surface area contributed by atoms with Crippen LogP contribution in [0.25, 0.3) is 33.4 Å². The summed E-state index contributed by atoms with van der Waals surface area (Å²) in [4.78, 5) is 24.4. The van der Waals surface area contributed by atoms with Gasteiger partial charge in [0.15, 0.2) is 0 Å². The molecule has 2 N–H and O–H groups in total. The minimum absolute atomic E-state index is 0.218. The van der Waals surface area contributed by atoms with Gasteiger partial charge in [-0.2, -0.15) is 0 Å². The summed E-state index contributed by atoms with van der Waals surface area (Å²) in [5, 5.41) is 12.7. The fraction of sp³-hybridized carbons (Fsp3) is 0.154. The van der Waals surface area contributed by atoms with Gasteiger partial charge in [0.25, 0.3) is 5.91 Å². The molecule has 1 fully saturated rings. The Labute approximate surface area is 183 Å². The second-order valence-electron chi connectivity index (χ2n) is 7.98. The molecule has 160 valence electrons. The number of amides is 1. The zero-order chi connectivity index (χ0) is 22.4. The first-order chi connectivity index (χ1) is 15.5. The number of halogens is 1. The third kappa shape index (κ3) is 3.43. The Morgan fingerprint density at radius 2 is 1.72 bits per heavy atom. The number of carboxylic acids is 1. The van der Waals surface area contributed by atoms with Crippen LogP contribution in [0.1, 0.15) is 45.0 Å². The van der Waals surface area contributed by atoms with E-state index in [1.807, 2.05) is 18.2 Å². The van der Waals surface area contributed by atoms with Gasteiger partial charge >= 0.3 is 5.97 Å². The molecule has 3 aromatic carbocycles. The molecule has 1 aliphatic carbocycles. The van der Waals surface area contributed by atoms with Crippen molar-refractivity contribution in [3.63, 3.8) is 0 Å². The van der Waals surface area contributed by atoms with Crippen LogP contribution in [0.15, 0.2) is 65.1 Å². The van der Waals surface area contributed by atoms with Crippen molar-refractivity contribution in [1.82, 2.24) is 5.32 Å². The number of fused-ring (bicyclic) bond motifs is 1. The van der Waals surface area contributed by atoms with E-state index < -0.39 is 5.97 Å². The number of carbonyl (C=O) groups is 2. The highest BCUT2D eigenvalue weighted by atomic mass is 19.1. The van der Waals surface area contributed by atoms with E-state index in [2.05, 4.69) is 5.32 Å². The molecule has 0 unspecified atom stereocenters. The lowest BCUT2D eigenvalue weighted by atomic mass is 9.93. The number of hydrogen-bond acceptors (Lipinski definition) is 3. The molecule has 0 radical (unpaired) electrons. The smallest absolute Gasteiger partial charge is 0.335 e. The van der Waals surface area contributed by atoms with E-state index in [1.54, 1.807) is 37.4 Å². The molecule has 0 atom stereocenters. The molecule has 4 aromatic rings. The van der Waals surface area contributed by atoms with Crippen LogP contribution in [-0.4, -0.2) is 24.0 Å². The fourth-order valence-corrected chi connectivity index (χ4v) is 4.11. The molecule has 5 rings (SSSR count). The van der Waals surface area contributed by atoms with Gasteiger partial charge in [0.2, 0.25) is 0 Å². The molecule has 0 aliphatic heterocycles. The predicted octanol–water partition coefficient (Wildman–Crippen LogP) is 5.84. The number of aromatic carboxylic acids is 1. The van der Waals surface area contributed by atoms with Crippen molar-refractivity contribution in [1.29, 1.82) is 0 Å². The van der Waals surface area contributed by atoms with Crippen LogP contribution in [-0.2, 0) is 0 Å². The Hall–Kier alpha value is -3.93. The Balaban J connectivity index is 1.72. The lowest BCUT2D eigenvalue weighted by Gasteiger charge is -2.11. The predicted molar refractivity (Wildman–Crippen MR) is 119 cm³/mol. The van der Waals surface area contributed by atoms with Gasteiger partial charge in [0.05, 0.1) is 11.1 Å². The molecule has 1 heterocycles. The van der Waals surface area contributed by atoms with Gasteiger partial charge in [-0.3, -0.25) is 4.79 Å². The first kappa shape index (κ1) is 20.0. The summed E-state index contributed by atoms with van der Waals surface area (Å²) in [6.07, 6.45) is 2.15. The van der Waals surface area contributed by atoms with Gasteiger partial charge in [0.1, 0.15) is 17.2 Å². The summed E-state index contributed by atoms with van der Waals surface area (Å²) in [5.74, 6) is -0.900. The number of carboxylic acid groups (broad SMARTS) is 1. The Bertz CT molecular complexity index is 1370. The Morgan fingerprint density at radius 1 is 1.00 bits per heavy atom. The van der Waals surface area contributed by atoms with Crippen molar-refractivity contribution in [3.05, 3.63) is 83.2 Å². The molecule has 0 spiro atoms.